The molecule has 126 valence electrons. The van der Waals surface area contributed by atoms with E-state index < -0.39 is 17.6 Å². The van der Waals surface area contributed by atoms with Gasteiger partial charge in [-0.3, -0.25) is 4.90 Å². The van der Waals surface area contributed by atoms with Crippen molar-refractivity contribution in [2.75, 3.05) is 7.05 Å². The lowest BCUT2D eigenvalue weighted by atomic mass is 9.83. The molecule has 0 radical (unpaired) electrons. The fourth-order valence-corrected chi connectivity index (χ4v) is 3.11. The summed E-state index contributed by atoms with van der Waals surface area (Å²) in [4.78, 5) is 25.4. The van der Waals surface area contributed by atoms with Crippen LogP contribution in [0.3, 0.4) is 0 Å². The maximum absolute atomic E-state index is 12.3. The standard InChI is InChI=1S/C17H23NO5/c1-12-9-17(15(19)20,10-13(2)23-12)18(3)16(21)22-11-14-7-5-4-6-8-14/h4-8,12-13H,9-11H2,1-3H3,(H,19,20). The van der Waals surface area contributed by atoms with Crippen LogP contribution >= 0.6 is 0 Å². The van der Waals surface area contributed by atoms with Gasteiger partial charge in [0.1, 0.15) is 12.1 Å². The van der Waals surface area contributed by atoms with Crippen LogP contribution in [0.2, 0.25) is 0 Å². The summed E-state index contributed by atoms with van der Waals surface area (Å²) in [5.41, 5.74) is -0.447. The van der Waals surface area contributed by atoms with Gasteiger partial charge in [0.2, 0.25) is 0 Å². The first-order valence-electron chi connectivity index (χ1n) is 7.68. The molecule has 2 atom stereocenters. The van der Waals surface area contributed by atoms with Crippen molar-refractivity contribution in [1.29, 1.82) is 0 Å². The second-order valence-corrected chi connectivity index (χ2v) is 6.10. The van der Waals surface area contributed by atoms with Crippen molar-refractivity contribution < 1.29 is 24.2 Å². The number of carboxylic acids is 1. The Bertz CT molecular complexity index is 549. The Morgan fingerprint density at radius 1 is 1.26 bits per heavy atom. The number of carboxylic acid groups (broad SMARTS) is 1. The van der Waals surface area contributed by atoms with Gasteiger partial charge >= 0.3 is 12.1 Å². The number of aliphatic carboxylic acids is 1. The Kier molecular flexibility index (Phi) is 5.26. The topological polar surface area (TPSA) is 76.1 Å². The minimum Gasteiger partial charge on any atom is -0.479 e. The number of rotatable bonds is 4. The highest BCUT2D eigenvalue weighted by molar-refractivity contribution is 5.84. The average molecular weight is 321 g/mol. The van der Waals surface area contributed by atoms with Crippen LogP contribution < -0.4 is 0 Å². The van der Waals surface area contributed by atoms with Crippen molar-refractivity contribution >= 4 is 12.1 Å². The molecule has 1 saturated heterocycles. The summed E-state index contributed by atoms with van der Waals surface area (Å²) in [7, 11) is 1.48. The molecule has 1 heterocycles. The smallest absolute Gasteiger partial charge is 0.410 e. The highest BCUT2D eigenvalue weighted by Gasteiger charge is 2.50. The van der Waals surface area contributed by atoms with Gasteiger partial charge in [0.15, 0.2) is 0 Å². The van der Waals surface area contributed by atoms with Gasteiger partial charge in [-0.1, -0.05) is 30.3 Å². The number of amides is 1. The van der Waals surface area contributed by atoms with Gasteiger partial charge in [0.25, 0.3) is 0 Å². The van der Waals surface area contributed by atoms with E-state index in [0.717, 1.165) is 5.56 Å². The molecule has 0 aromatic heterocycles. The van der Waals surface area contributed by atoms with Crippen LogP contribution in [0.5, 0.6) is 0 Å². The van der Waals surface area contributed by atoms with Gasteiger partial charge < -0.3 is 14.6 Å². The van der Waals surface area contributed by atoms with Gasteiger partial charge in [-0.2, -0.15) is 0 Å². The molecule has 23 heavy (non-hydrogen) atoms. The molecule has 1 aliphatic heterocycles. The van der Waals surface area contributed by atoms with Gasteiger partial charge in [-0.15, -0.1) is 0 Å². The van der Waals surface area contributed by atoms with E-state index in [4.69, 9.17) is 9.47 Å². The van der Waals surface area contributed by atoms with Crippen molar-refractivity contribution in [3.63, 3.8) is 0 Å². The third-order valence-corrected chi connectivity index (χ3v) is 4.23. The third-order valence-electron chi connectivity index (χ3n) is 4.23. The summed E-state index contributed by atoms with van der Waals surface area (Å²) in [6.45, 7) is 3.74. The number of carbonyl (C=O) groups is 2. The summed E-state index contributed by atoms with van der Waals surface area (Å²) < 4.78 is 10.9. The zero-order valence-corrected chi connectivity index (χ0v) is 13.7. The van der Waals surface area contributed by atoms with E-state index in [9.17, 15) is 14.7 Å². The predicted molar refractivity (Wildman–Crippen MR) is 84.0 cm³/mol. The first kappa shape index (κ1) is 17.3. The lowest BCUT2D eigenvalue weighted by Crippen LogP contribution is -2.60. The maximum atomic E-state index is 12.3. The number of hydrogen-bond donors (Lipinski definition) is 1. The first-order valence-corrected chi connectivity index (χ1v) is 7.68. The second kappa shape index (κ2) is 7.00. The van der Waals surface area contributed by atoms with Gasteiger partial charge in [-0.05, 0) is 19.4 Å². The van der Waals surface area contributed by atoms with Crippen molar-refractivity contribution in [3.8, 4) is 0 Å². The fraction of sp³-hybridized carbons (Fsp3) is 0.529. The lowest BCUT2D eigenvalue weighted by Gasteiger charge is -2.44. The fourth-order valence-electron chi connectivity index (χ4n) is 3.11. The lowest BCUT2D eigenvalue weighted by molar-refractivity contribution is -0.165. The number of benzene rings is 1. The molecule has 2 unspecified atom stereocenters. The molecule has 2 rings (SSSR count). The third kappa shape index (κ3) is 3.82. The summed E-state index contributed by atoms with van der Waals surface area (Å²) in [6.07, 6.45) is -0.635. The van der Waals surface area contributed by atoms with Crippen LogP contribution in [-0.4, -0.2) is 46.9 Å². The van der Waals surface area contributed by atoms with Crippen LogP contribution in [0.15, 0.2) is 30.3 Å². The normalized spacial score (nSPS) is 27.3. The Labute approximate surface area is 136 Å². The first-order chi connectivity index (χ1) is 10.8. The molecule has 1 aliphatic rings. The van der Waals surface area contributed by atoms with E-state index in [-0.39, 0.29) is 31.7 Å². The number of hydrogen-bond acceptors (Lipinski definition) is 4. The number of ether oxygens (including phenoxy) is 2. The summed E-state index contributed by atoms with van der Waals surface area (Å²) >= 11 is 0. The van der Waals surface area contributed by atoms with Crippen LogP contribution in [0.1, 0.15) is 32.3 Å². The molecule has 1 N–H and O–H groups in total. The highest BCUT2D eigenvalue weighted by atomic mass is 16.6. The van der Waals surface area contributed by atoms with E-state index >= 15 is 0 Å². The molecule has 6 nitrogen and oxygen atoms in total. The Morgan fingerprint density at radius 2 is 1.83 bits per heavy atom. The van der Waals surface area contributed by atoms with Gasteiger partial charge in [0, 0.05) is 19.9 Å². The molecular weight excluding hydrogens is 298 g/mol. The van der Waals surface area contributed by atoms with Crippen molar-refractivity contribution in [2.24, 2.45) is 0 Å². The number of carbonyl (C=O) groups excluding carboxylic acids is 1. The summed E-state index contributed by atoms with van der Waals surface area (Å²) in [6, 6.07) is 9.28. The quantitative estimate of drug-likeness (QED) is 0.922. The minimum absolute atomic E-state index is 0.112. The summed E-state index contributed by atoms with van der Waals surface area (Å²) in [5, 5.41) is 9.72. The molecule has 6 heteroatoms. The molecule has 1 fully saturated rings. The molecular formula is C17H23NO5. The monoisotopic (exact) mass is 321 g/mol. The molecule has 0 spiro atoms. The molecule has 0 aliphatic carbocycles. The van der Waals surface area contributed by atoms with E-state index in [0.29, 0.717) is 0 Å². The van der Waals surface area contributed by atoms with Crippen LogP contribution in [0.4, 0.5) is 4.79 Å². The summed E-state index contributed by atoms with van der Waals surface area (Å²) in [5.74, 6) is -1.03. The zero-order valence-electron chi connectivity index (χ0n) is 13.7. The van der Waals surface area contributed by atoms with Gasteiger partial charge in [0.05, 0.1) is 12.2 Å². The van der Waals surface area contributed by atoms with E-state index in [1.165, 1.54) is 11.9 Å². The van der Waals surface area contributed by atoms with Crippen LogP contribution in [0.25, 0.3) is 0 Å². The van der Waals surface area contributed by atoms with E-state index in [1.54, 1.807) is 0 Å². The average Bonchev–Trinajstić information content (AvgIpc) is 2.51. The second-order valence-electron chi connectivity index (χ2n) is 6.10. The highest BCUT2D eigenvalue weighted by Crippen LogP contribution is 2.34. The Balaban J connectivity index is 2.09. The molecule has 1 aromatic carbocycles. The predicted octanol–water partition coefficient (Wildman–Crippen LogP) is 2.67. The van der Waals surface area contributed by atoms with Crippen LogP contribution in [-0.2, 0) is 20.9 Å². The SMILES string of the molecule is CC1CC(C(=O)O)(N(C)C(=O)OCc2ccccc2)CC(C)O1. The molecule has 0 bridgehead atoms. The van der Waals surface area contributed by atoms with Crippen molar-refractivity contribution in [2.45, 2.75) is 51.0 Å². The maximum Gasteiger partial charge on any atom is 0.410 e. The van der Waals surface area contributed by atoms with E-state index in [2.05, 4.69) is 0 Å². The van der Waals surface area contributed by atoms with E-state index in [1.807, 2.05) is 44.2 Å². The largest absolute Gasteiger partial charge is 0.479 e. The Hall–Kier alpha value is -2.08. The zero-order chi connectivity index (χ0) is 17.0. The van der Waals surface area contributed by atoms with Crippen molar-refractivity contribution in [3.05, 3.63) is 35.9 Å². The molecule has 1 aromatic rings. The molecule has 1 amide bonds. The van der Waals surface area contributed by atoms with Crippen LogP contribution in [0, 0.1) is 0 Å². The Morgan fingerprint density at radius 3 is 2.35 bits per heavy atom. The minimum atomic E-state index is -1.30. The number of nitrogens with zero attached hydrogens (tertiary/aromatic N) is 1. The molecule has 0 saturated carbocycles. The van der Waals surface area contributed by atoms with Crippen molar-refractivity contribution in [1.82, 2.24) is 4.90 Å². The van der Waals surface area contributed by atoms with Gasteiger partial charge in [-0.25, -0.2) is 9.59 Å². The number of likely N-dealkylation sites (N-methyl/N-ethyl adjacent to an activating group) is 1.